The minimum Gasteiger partial charge on any atom is -0.444 e. The van der Waals surface area contributed by atoms with Crippen molar-refractivity contribution in [1.29, 1.82) is 0 Å². The second-order valence-electron chi connectivity index (χ2n) is 12.5. The minimum absolute atomic E-state index is 0.0390. The van der Waals surface area contributed by atoms with Crippen LogP contribution in [0.15, 0.2) is 47.2 Å². The van der Waals surface area contributed by atoms with Gasteiger partial charge in [0.1, 0.15) is 29.8 Å². The Morgan fingerprint density at radius 3 is 2.60 bits per heavy atom. The van der Waals surface area contributed by atoms with Crippen molar-refractivity contribution >= 4 is 12.0 Å². The van der Waals surface area contributed by atoms with Crippen LogP contribution in [0.25, 0.3) is 11.3 Å². The molecule has 1 aromatic carbocycles. The third kappa shape index (κ3) is 7.21. The molecule has 2 fully saturated rings. The number of hydrogen-bond donors (Lipinski definition) is 2. The molecule has 2 aliphatic rings. The first-order valence-corrected chi connectivity index (χ1v) is 14.5. The highest BCUT2D eigenvalue weighted by atomic mass is 16.6. The van der Waals surface area contributed by atoms with Crippen LogP contribution in [-0.2, 0) is 16.1 Å². The number of aliphatic hydroxyl groups excluding tert-OH is 1. The van der Waals surface area contributed by atoms with Crippen molar-refractivity contribution in [2.24, 2.45) is 11.3 Å². The van der Waals surface area contributed by atoms with E-state index in [1.54, 1.807) is 33.9 Å². The molecule has 3 aromatic rings. The highest BCUT2D eigenvalue weighted by Crippen LogP contribution is 2.52. The number of imidazole rings is 1. The summed E-state index contributed by atoms with van der Waals surface area (Å²) in [6, 6.07) is 9.86. The third-order valence-electron chi connectivity index (χ3n) is 7.92. The van der Waals surface area contributed by atoms with E-state index in [0.29, 0.717) is 37.1 Å². The number of aliphatic hydroxyl groups is 1. The molecule has 3 heterocycles. The van der Waals surface area contributed by atoms with Gasteiger partial charge >= 0.3 is 6.09 Å². The molecule has 1 aliphatic carbocycles. The van der Waals surface area contributed by atoms with Gasteiger partial charge in [-0.25, -0.2) is 9.78 Å². The lowest BCUT2D eigenvalue weighted by Crippen LogP contribution is -2.50. The lowest BCUT2D eigenvalue weighted by Gasteiger charge is -2.50. The Morgan fingerprint density at radius 1 is 1.21 bits per heavy atom. The summed E-state index contributed by atoms with van der Waals surface area (Å²) in [4.78, 5) is 30.4. The summed E-state index contributed by atoms with van der Waals surface area (Å²) in [6.45, 7) is 8.92. The van der Waals surface area contributed by atoms with E-state index in [2.05, 4.69) is 27.3 Å². The zero-order chi connectivity index (χ0) is 29.9. The highest BCUT2D eigenvalue weighted by Gasteiger charge is 2.45. The predicted octanol–water partition coefficient (Wildman–Crippen LogP) is 4.53. The number of benzene rings is 1. The number of aromatic nitrogens is 3. The molecule has 0 unspecified atom stereocenters. The smallest absolute Gasteiger partial charge is 0.408 e. The lowest BCUT2D eigenvalue weighted by molar-refractivity contribution is -0.134. The van der Waals surface area contributed by atoms with Gasteiger partial charge in [-0.3, -0.25) is 4.79 Å². The average Bonchev–Trinajstić information content (AvgIpc) is 3.59. The number of nitrogens with zero attached hydrogens (tertiary/aromatic N) is 4. The molecule has 1 saturated carbocycles. The Balaban J connectivity index is 1.06. The summed E-state index contributed by atoms with van der Waals surface area (Å²) < 4.78 is 12.6. The van der Waals surface area contributed by atoms with Gasteiger partial charge in [0.2, 0.25) is 5.91 Å². The number of amides is 2. The van der Waals surface area contributed by atoms with Gasteiger partial charge in [0.15, 0.2) is 5.76 Å². The number of nitrogens with one attached hydrogen (secondary N) is 1. The number of ether oxygens (including phenoxy) is 1. The molecule has 1 spiro atoms. The molecule has 2 N–H and O–H groups in total. The summed E-state index contributed by atoms with van der Waals surface area (Å²) in [5, 5.41) is 16.6. The molecule has 1 saturated heterocycles. The summed E-state index contributed by atoms with van der Waals surface area (Å²) >= 11 is 0. The van der Waals surface area contributed by atoms with Crippen molar-refractivity contribution in [2.75, 3.05) is 19.6 Å². The average molecular weight is 574 g/mol. The van der Waals surface area contributed by atoms with E-state index in [0.717, 1.165) is 42.5 Å². The van der Waals surface area contributed by atoms with Crippen molar-refractivity contribution in [3.63, 3.8) is 0 Å². The van der Waals surface area contributed by atoms with Crippen LogP contribution in [0.5, 0.6) is 0 Å². The summed E-state index contributed by atoms with van der Waals surface area (Å²) in [6.07, 6.45) is 6.31. The van der Waals surface area contributed by atoms with Gasteiger partial charge in [-0.15, -0.1) is 0 Å². The zero-order valence-electron chi connectivity index (χ0n) is 24.7. The van der Waals surface area contributed by atoms with Gasteiger partial charge in [0, 0.05) is 48.6 Å². The number of carbonyl (C=O) groups is 2. The van der Waals surface area contributed by atoms with Crippen molar-refractivity contribution in [2.45, 2.75) is 71.6 Å². The van der Waals surface area contributed by atoms with E-state index < -0.39 is 17.8 Å². The molecule has 2 aromatic heterocycles. The summed E-state index contributed by atoms with van der Waals surface area (Å²) in [5.41, 5.74) is 2.31. The van der Waals surface area contributed by atoms with E-state index in [1.165, 1.54) is 0 Å². The maximum Gasteiger partial charge on any atom is 0.408 e. The standard InChI is InChI=1S/C32H39N5O5/c1-22(38)29-33-13-16-37(29)21-26-17-27(42-35-26)25-9-7-23(8-10-25)5-6-24-18-32(19-24)11-14-36(15-12-32)28(39)20-34-30(40)41-31(2,3)4/h7-10,13,16-17,22,24,38H,11-12,14-15,18-21H2,1-4H3,(H,34,40)/t22-/m0/s1. The lowest BCUT2D eigenvalue weighted by atomic mass is 9.58. The third-order valence-corrected chi connectivity index (χ3v) is 7.92. The van der Waals surface area contributed by atoms with Crippen molar-refractivity contribution in [3.05, 3.63) is 59.8 Å². The molecule has 5 rings (SSSR count). The minimum atomic E-state index is -0.657. The van der Waals surface area contributed by atoms with E-state index in [9.17, 15) is 14.7 Å². The van der Waals surface area contributed by atoms with Gasteiger partial charge in [0.05, 0.1) is 6.54 Å². The van der Waals surface area contributed by atoms with Crippen LogP contribution in [-0.4, -0.2) is 61.9 Å². The van der Waals surface area contributed by atoms with Crippen LogP contribution in [0, 0.1) is 23.2 Å². The Labute approximate surface area is 246 Å². The second kappa shape index (κ2) is 12.0. The number of alkyl carbamates (subject to hydrolysis) is 1. The van der Waals surface area contributed by atoms with Crippen LogP contribution in [0.2, 0.25) is 0 Å². The largest absolute Gasteiger partial charge is 0.444 e. The van der Waals surface area contributed by atoms with E-state index in [-0.39, 0.29) is 17.9 Å². The van der Waals surface area contributed by atoms with Crippen molar-refractivity contribution in [1.82, 2.24) is 24.9 Å². The highest BCUT2D eigenvalue weighted by molar-refractivity contribution is 5.82. The number of hydrogen-bond acceptors (Lipinski definition) is 7. The first-order chi connectivity index (χ1) is 20.0. The molecule has 1 aliphatic heterocycles. The van der Waals surface area contributed by atoms with Gasteiger partial charge in [0.25, 0.3) is 0 Å². The summed E-state index contributed by atoms with van der Waals surface area (Å²) in [5.74, 6) is 8.32. The molecule has 0 bridgehead atoms. The Kier molecular flexibility index (Phi) is 8.41. The van der Waals surface area contributed by atoms with E-state index >= 15 is 0 Å². The first-order valence-electron chi connectivity index (χ1n) is 14.5. The number of rotatable bonds is 6. The van der Waals surface area contributed by atoms with Crippen LogP contribution in [0.1, 0.15) is 76.6 Å². The quantitative estimate of drug-likeness (QED) is 0.415. The van der Waals surface area contributed by atoms with E-state index in [4.69, 9.17) is 9.26 Å². The molecule has 1 atom stereocenters. The fourth-order valence-electron chi connectivity index (χ4n) is 5.72. The Morgan fingerprint density at radius 2 is 1.93 bits per heavy atom. The first kappa shape index (κ1) is 29.4. The fraction of sp³-hybridized carbons (Fsp3) is 0.500. The predicted molar refractivity (Wildman–Crippen MR) is 156 cm³/mol. The number of carbonyl (C=O) groups excluding carboxylic acids is 2. The number of piperidine rings is 1. The molecule has 10 heteroatoms. The topological polar surface area (TPSA) is 123 Å². The molecular formula is C32H39N5O5. The van der Waals surface area contributed by atoms with Crippen molar-refractivity contribution in [3.8, 4) is 23.2 Å². The molecule has 222 valence electrons. The molecule has 42 heavy (non-hydrogen) atoms. The van der Waals surface area contributed by atoms with Gasteiger partial charge in [-0.2, -0.15) is 0 Å². The van der Waals surface area contributed by atoms with E-state index in [1.807, 2.05) is 46.0 Å². The van der Waals surface area contributed by atoms with Gasteiger partial charge in [-0.05, 0) is 83.1 Å². The molecule has 10 nitrogen and oxygen atoms in total. The van der Waals surface area contributed by atoms with Crippen LogP contribution in [0.3, 0.4) is 0 Å². The maximum absolute atomic E-state index is 12.5. The van der Waals surface area contributed by atoms with Gasteiger partial charge < -0.3 is 29.2 Å². The maximum atomic E-state index is 12.5. The normalized spacial score (nSPS) is 17.2. The molecule has 0 radical (unpaired) electrons. The van der Waals surface area contributed by atoms with Crippen LogP contribution in [0.4, 0.5) is 4.79 Å². The zero-order valence-corrected chi connectivity index (χ0v) is 24.7. The second-order valence-corrected chi connectivity index (χ2v) is 12.5. The van der Waals surface area contributed by atoms with Crippen LogP contribution < -0.4 is 5.32 Å². The van der Waals surface area contributed by atoms with Crippen molar-refractivity contribution < 1.29 is 24.0 Å². The molecule has 2 amide bonds. The Hall–Kier alpha value is -4.10. The Bertz CT molecular complexity index is 1450. The fourth-order valence-corrected chi connectivity index (χ4v) is 5.72. The SMILES string of the molecule is C[C@H](O)c1nccn1Cc1cc(-c2ccc(C#CC3CC4(CCN(C(=O)CNC(=O)OC(C)(C)C)CC4)C3)cc2)on1. The van der Waals surface area contributed by atoms with Crippen LogP contribution >= 0.6 is 0 Å². The number of likely N-dealkylation sites (tertiary alicyclic amines) is 1. The molecular weight excluding hydrogens is 534 g/mol. The monoisotopic (exact) mass is 573 g/mol. The van der Waals surface area contributed by atoms with Gasteiger partial charge in [-0.1, -0.05) is 17.0 Å². The summed E-state index contributed by atoms with van der Waals surface area (Å²) in [7, 11) is 0.